The van der Waals surface area contributed by atoms with Gasteiger partial charge in [-0.2, -0.15) is 0 Å². The number of thiocarbonyl (C=S) groups is 1. The number of nitrogens with one attached hydrogen (secondary N) is 1. The maximum Gasteiger partial charge on any atom is 0.170 e. The molecule has 0 aliphatic carbocycles. The molecule has 1 aromatic carbocycles. The van der Waals surface area contributed by atoms with Crippen LogP contribution in [-0.2, 0) is 6.42 Å². The third kappa shape index (κ3) is 3.95. The minimum atomic E-state index is 0.0268. The van der Waals surface area contributed by atoms with Crippen molar-refractivity contribution in [2.24, 2.45) is 5.92 Å². The quantitative estimate of drug-likeness (QED) is 0.472. The zero-order chi connectivity index (χ0) is 23.0. The molecule has 2 atom stereocenters. The van der Waals surface area contributed by atoms with Crippen LogP contribution in [-0.4, -0.2) is 26.1 Å². The molecule has 4 rings (SSSR count). The van der Waals surface area contributed by atoms with Crippen molar-refractivity contribution in [1.29, 1.82) is 0 Å². The van der Waals surface area contributed by atoms with Gasteiger partial charge in [-0.3, -0.25) is 4.98 Å². The zero-order valence-electron chi connectivity index (χ0n) is 20.0. The second-order valence-electron chi connectivity index (χ2n) is 9.27. The van der Waals surface area contributed by atoms with Crippen molar-refractivity contribution in [2.75, 3.05) is 6.54 Å². The van der Waals surface area contributed by atoms with Crippen LogP contribution in [0.15, 0.2) is 48.7 Å². The highest BCUT2D eigenvalue weighted by Crippen LogP contribution is 2.42. The van der Waals surface area contributed by atoms with Crippen molar-refractivity contribution >= 4 is 17.3 Å². The Balaban J connectivity index is 1.88. The lowest BCUT2D eigenvalue weighted by atomic mass is 9.96. The van der Waals surface area contributed by atoms with Crippen LogP contribution < -0.4 is 5.32 Å². The van der Waals surface area contributed by atoms with E-state index in [1.165, 1.54) is 33.8 Å². The average Bonchev–Trinajstić information content (AvgIpc) is 3.23. The van der Waals surface area contributed by atoms with E-state index < -0.39 is 0 Å². The second-order valence-corrected chi connectivity index (χ2v) is 9.66. The molecule has 0 saturated carbocycles. The molecule has 168 valence electrons. The van der Waals surface area contributed by atoms with E-state index in [-0.39, 0.29) is 12.1 Å². The SMILES string of the molecule is CCc1cccc(C)c1-n1c(C)cc([C@@H]2[C@H](c3ccccn3)NC(=S)N2CC(C)C)c1C. The summed E-state index contributed by atoms with van der Waals surface area (Å²) >= 11 is 5.83. The van der Waals surface area contributed by atoms with Gasteiger partial charge < -0.3 is 14.8 Å². The normalized spacial score (nSPS) is 18.5. The number of hydrogen-bond acceptors (Lipinski definition) is 2. The monoisotopic (exact) mass is 446 g/mol. The van der Waals surface area contributed by atoms with Gasteiger partial charge in [-0.25, -0.2) is 0 Å². The number of nitrogens with zero attached hydrogens (tertiary/aromatic N) is 3. The lowest BCUT2D eigenvalue weighted by Gasteiger charge is -2.29. The van der Waals surface area contributed by atoms with Crippen molar-refractivity contribution in [2.45, 2.75) is 60.0 Å². The predicted molar refractivity (Wildman–Crippen MR) is 136 cm³/mol. The summed E-state index contributed by atoms with van der Waals surface area (Å²) in [7, 11) is 0. The molecule has 1 N–H and O–H groups in total. The Morgan fingerprint density at radius 3 is 2.53 bits per heavy atom. The van der Waals surface area contributed by atoms with Gasteiger partial charge in [-0.1, -0.05) is 45.0 Å². The maximum atomic E-state index is 5.83. The molecule has 0 amide bonds. The van der Waals surface area contributed by atoms with Gasteiger partial charge in [0.1, 0.15) is 0 Å². The summed E-state index contributed by atoms with van der Waals surface area (Å²) in [5, 5.41) is 4.40. The first-order valence-corrected chi connectivity index (χ1v) is 12.0. The van der Waals surface area contributed by atoms with Crippen molar-refractivity contribution in [3.05, 3.63) is 82.4 Å². The van der Waals surface area contributed by atoms with Crippen LogP contribution in [0.4, 0.5) is 0 Å². The third-order valence-electron chi connectivity index (χ3n) is 6.47. The van der Waals surface area contributed by atoms with Crippen LogP contribution in [0.25, 0.3) is 5.69 Å². The Morgan fingerprint density at radius 1 is 1.09 bits per heavy atom. The van der Waals surface area contributed by atoms with Gasteiger partial charge in [0.2, 0.25) is 0 Å². The summed E-state index contributed by atoms with van der Waals surface area (Å²) in [4.78, 5) is 7.05. The first-order valence-electron chi connectivity index (χ1n) is 11.6. The van der Waals surface area contributed by atoms with E-state index in [0.717, 1.165) is 23.8 Å². The Kier molecular flexibility index (Phi) is 6.38. The largest absolute Gasteiger partial charge is 0.352 e. The fourth-order valence-electron chi connectivity index (χ4n) is 5.09. The van der Waals surface area contributed by atoms with Crippen LogP contribution >= 0.6 is 12.2 Å². The summed E-state index contributed by atoms with van der Waals surface area (Å²) in [5.74, 6) is 0.506. The van der Waals surface area contributed by atoms with E-state index in [1.54, 1.807) is 0 Å². The standard InChI is InChI=1S/C27H34N4S/c1-7-21-12-10-11-18(4)25(21)31-19(5)15-22(20(31)6)26-24(23-13-8-9-14-28-23)29-27(32)30(26)16-17(2)3/h8-15,17,24,26H,7,16H2,1-6H3,(H,29,32)/t24-,26+/m0/s1. The minimum absolute atomic E-state index is 0.0268. The molecule has 1 aliphatic rings. The molecule has 0 spiro atoms. The topological polar surface area (TPSA) is 33.1 Å². The van der Waals surface area contributed by atoms with Crippen LogP contribution in [0, 0.1) is 26.7 Å². The molecular formula is C27H34N4S. The van der Waals surface area contributed by atoms with Crippen molar-refractivity contribution in [3.63, 3.8) is 0 Å². The van der Waals surface area contributed by atoms with E-state index in [9.17, 15) is 0 Å². The van der Waals surface area contributed by atoms with Crippen LogP contribution in [0.2, 0.25) is 0 Å². The smallest absolute Gasteiger partial charge is 0.170 e. The Hall–Kier alpha value is -2.66. The zero-order valence-corrected chi connectivity index (χ0v) is 20.8. The molecule has 1 aliphatic heterocycles. The van der Waals surface area contributed by atoms with E-state index in [1.807, 2.05) is 12.3 Å². The number of hydrogen-bond donors (Lipinski definition) is 1. The molecule has 3 aromatic rings. The van der Waals surface area contributed by atoms with Gasteiger partial charge >= 0.3 is 0 Å². The molecule has 1 fully saturated rings. The Morgan fingerprint density at radius 2 is 1.88 bits per heavy atom. The molecule has 0 bridgehead atoms. The van der Waals surface area contributed by atoms with E-state index in [0.29, 0.717) is 5.92 Å². The molecule has 4 nitrogen and oxygen atoms in total. The molecule has 2 aromatic heterocycles. The highest BCUT2D eigenvalue weighted by atomic mass is 32.1. The van der Waals surface area contributed by atoms with E-state index in [2.05, 4.69) is 97.7 Å². The van der Waals surface area contributed by atoms with E-state index in [4.69, 9.17) is 12.2 Å². The highest BCUT2D eigenvalue weighted by molar-refractivity contribution is 7.80. The summed E-state index contributed by atoms with van der Waals surface area (Å²) in [6, 6.07) is 15.2. The first kappa shape index (κ1) is 22.5. The molecule has 1 saturated heterocycles. The lowest BCUT2D eigenvalue weighted by molar-refractivity contribution is 0.287. The van der Waals surface area contributed by atoms with Crippen LogP contribution in [0.1, 0.15) is 66.6 Å². The van der Waals surface area contributed by atoms with Gasteiger partial charge in [0.05, 0.1) is 23.5 Å². The number of para-hydroxylation sites is 1. The molecular weight excluding hydrogens is 412 g/mol. The summed E-state index contributed by atoms with van der Waals surface area (Å²) in [6.45, 7) is 14.3. The second kappa shape index (κ2) is 9.07. The van der Waals surface area contributed by atoms with Gasteiger partial charge in [-0.05, 0) is 80.2 Å². The number of aromatic nitrogens is 2. The van der Waals surface area contributed by atoms with Gasteiger partial charge in [0.25, 0.3) is 0 Å². The van der Waals surface area contributed by atoms with E-state index >= 15 is 0 Å². The number of aryl methyl sites for hydroxylation is 3. The minimum Gasteiger partial charge on any atom is -0.352 e. The summed E-state index contributed by atoms with van der Waals surface area (Å²) in [6.07, 6.45) is 2.88. The average molecular weight is 447 g/mol. The fraction of sp³-hybridized carbons (Fsp3) is 0.407. The summed E-state index contributed by atoms with van der Waals surface area (Å²) in [5.41, 5.74) is 8.87. The Bertz CT molecular complexity index is 1120. The predicted octanol–water partition coefficient (Wildman–Crippen LogP) is 5.99. The number of benzene rings is 1. The molecule has 32 heavy (non-hydrogen) atoms. The van der Waals surface area contributed by atoms with Crippen molar-refractivity contribution < 1.29 is 0 Å². The lowest BCUT2D eigenvalue weighted by Crippen LogP contribution is -2.33. The number of rotatable bonds is 6. The summed E-state index contributed by atoms with van der Waals surface area (Å²) < 4.78 is 2.44. The van der Waals surface area contributed by atoms with Crippen LogP contribution in [0.5, 0.6) is 0 Å². The molecule has 5 heteroatoms. The fourth-order valence-corrected chi connectivity index (χ4v) is 5.41. The Labute approximate surface area is 197 Å². The molecule has 3 heterocycles. The first-order chi connectivity index (χ1) is 15.3. The van der Waals surface area contributed by atoms with Crippen molar-refractivity contribution in [1.82, 2.24) is 19.8 Å². The molecule has 0 unspecified atom stereocenters. The van der Waals surface area contributed by atoms with Gasteiger partial charge in [-0.15, -0.1) is 0 Å². The van der Waals surface area contributed by atoms with Gasteiger partial charge in [0, 0.05) is 24.1 Å². The highest BCUT2D eigenvalue weighted by Gasteiger charge is 2.41. The van der Waals surface area contributed by atoms with Crippen molar-refractivity contribution in [3.8, 4) is 5.69 Å². The maximum absolute atomic E-state index is 5.83. The number of pyridine rings is 1. The van der Waals surface area contributed by atoms with Crippen LogP contribution in [0.3, 0.4) is 0 Å². The third-order valence-corrected chi connectivity index (χ3v) is 6.83. The van der Waals surface area contributed by atoms with Gasteiger partial charge in [0.15, 0.2) is 5.11 Å². The molecule has 0 radical (unpaired) electrons.